The summed E-state index contributed by atoms with van der Waals surface area (Å²) in [4.78, 5) is 12.2. The molecule has 146 valence electrons. The van der Waals surface area contributed by atoms with E-state index in [0.717, 1.165) is 9.13 Å². The second kappa shape index (κ2) is 8.75. The summed E-state index contributed by atoms with van der Waals surface area (Å²) < 4.78 is 8.17. The van der Waals surface area contributed by atoms with E-state index in [1.165, 1.54) is 0 Å². The summed E-state index contributed by atoms with van der Waals surface area (Å²) in [5.74, 6) is 0.791. The summed E-state index contributed by atoms with van der Waals surface area (Å²) in [6, 6.07) is 18.2. The minimum atomic E-state index is -0.137. The summed E-state index contributed by atoms with van der Waals surface area (Å²) in [5, 5.41) is 16.1. The van der Waals surface area contributed by atoms with Crippen LogP contribution in [0.15, 0.2) is 60.7 Å². The molecule has 0 aliphatic carbocycles. The van der Waals surface area contributed by atoms with E-state index < -0.39 is 0 Å². The van der Waals surface area contributed by atoms with Gasteiger partial charge in [0.1, 0.15) is 6.61 Å². The highest BCUT2D eigenvalue weighted by Gasteiger charge is 2.13. The topological polar surface area (TPSA) is 81.4 Å². The fourth-order valence-corrected chi connectivity index (χ4v) is 3.57. The summed E-state index contributed by atoms with van der Waals surface area (Å²) in [7, 11) is 0. The molecule has 0 radical (unpaired) electrons. The van der Waals surface area contributed by atoms with E-state index in [4.69, 9.17) is 16.3 Å². The van der Waals surface area contributed by atoms with Crippen molar-refractivity contribution in [1.29, 1.82) is 0 Å². The third-order valence-corrected chi connectivity index (χ3v) is 5.38. The van der Waals surface area contributed by atoms with E-state index in [1.807, 2.05) is 36.4 Å². The highest BCUT2D eigenvalue weighted by Crippen LogP contribution is 2.26. The van der Waals surface area contributed by atoms with Crippen LogP contribution in [-0.2, 0) is 0 Å². The van der Waals surface area contributed by atoms with Gasteiger partial charge in [-0.2, -0.15) is 4.52 Å². The maximum Gasteiger partial charge on any atom is 0.252 e. The predicted octanol–water partition coefficient (Wildman–Crippen LogP) is 3.86. The SMILES string of the molecule is O=C(NCCOc1ccc2nnc(-c3ccccc3Cl)n2n1)c1ccccc1I. The van der Waals surface area contributed by atoms with Crippen molar-refractivity contribution >= 4 is 45.7 Å². The molecule has 0 saturated heterocycles. The zero-order valence-electron chi connectivity index (χ0n) is 15.0. The first-order chi connectivity index (χ1) is 14.1. The van der Waals surface area contributed by atoms with Crippen LogP contribution >= 0.6 is 34.2 Å². The van der Waals surface area contributed by atoms with Crippen LogP contribution in [0.4, 0.5) is 0 Å². The normalized spacial score (nSPS) is 10.8. The highest BCUT2D eigenvalue weighted by molar-refractivity contribution is 14.1. The molecule has 1 amide bonds. The molecule has 2 heterocycles. The fourth-order valence-electron chi connectivity index (χ4n) is 2.72. The lowest BCUT2D eigenvalue weighted by Crippen LogP contribution is -2.28. The summed E-state index contributed by atoms with van der Waals surface area (Å²) in [6.45, 7) is 0.625. The number of nitrogens with one attached hydrogen (secondary N) is 1. The molecule has 29 heavy (non-hydrogen) atoms. The fraction of sp³-hybridized carbons (Fsp3) is 0.100. The summed E-state index contributed by atoms with van der Waals surface area (Å²) in [6.07, 6.45) is 0. The van der Waals surface area contributed by atoms with Gasteiger partial charge in [-0.05, 0) is 52.9 Å². The molecule has 4 rings (SSSR count). The van der Waals surface area contributed by atoms with Gasteiger partial charge in [-0.3, -0.25) is 4.79 Å². The van der Waals surface area contributed by atoms with Gasteiger partial charge >= 0.3 is 0 Å². The van der Waals surface area contributed by atoms with Crippen molar-refractivity contribution in [3.05, 3.63) is 74.8 Å². The van der Waals surface area contributed by atoms with Crippen molar-refractivity contribution in [2.75, 3.05) is 13.2 Å². The Labute approximate surface area is 185 Å². The number of amides is 1. The lowest BCUT2D eigenvalue weighted by molar-refractivity contribution is 0.0945. The van der Waals surface area contributed by atoms with Gasteiger partial charge < -0.3 is 10.1 Å². The van der Waals surface area contributed by atoms with Gasteiger partial charge in [0, 0.05) is 15.2 Å². The molecule has 0 spiro atoms. The van der Waals surface area contributed by atoms with Crippen LogP contribution in [0.3, 0.4) is 0 Å². The van der Waals surface area contributed by atoms with Crippen LogP contribution in [0.25, 0.3) is 17.0 Å². The molecular weight excluding hydrogens is 505 g/mol. The van der Waals surface area contributed by atoms with Crippen LogP contribution in [0, 0.1) is 3.57 Å². The molecule has 2 aromatic carbocycles. The molecule has 0 fully saturated rings. The Kier molecular flexibility index (Phi) is 5.91. The maximum absolute atomic E-state index is 12.2. The second-order valence-electron chi connectivity index (χ2n) is 6.03. The molecule has 7 nitrogen and oxygen atoms in total. The summed E-state index contributed by atoms with van der Waals surface area (Å²) in [5.41, 5.74) is 1.96. The molecule has 0 bridgehead atoms. The Hall–Kier alpha value is -2.72. The van der Waals surface area contributed by atoms with E-state index in [1.54, 1.807) is 28.8 Å². The van der Waals surface area contributed by atoms with Crippen molar-refractivity contribution in [1.82, 2.24) is 25.1 Å². The number of nitrogens with zero attached hydrogens (tertiary/aromatic N) is 4. The van der Waals surface area contributed by atoms with Crippen LogP contribution in [-0.4, -0.2) is 38.9 Å². The average molecular weight is 520 g/mol. The van der Waals surface area contributed by atoms with Gasteiger partial charge in [0.05, 0.1) is 17.1 Å². The predicted molar refractivity (Wildman–Crippen MR) is 118 cm³/mol. The number of ether oxygens (including phenoxy) is 1. The number of rotatable bonds is 6. The molecule has 0 unspecified atom stereocenters. The Bertz CT molecular complexity index is 1180. The lowest BCUT2D eigenvalue weighted by atomic mass is 10.2. The van der Waals surface area contributed by atoms with E-state index in [0.29, 0.717) is 34.5 Å². The van der Waals surface area contributed by atoms with Gasteiger partial charge in [-0.25, -0.2) is 0 Å². The van der Waals surface area contributed by atoms with E-state index in [9.17, 15) is 4.79 Å². The lowest BCUT2D eigenvalue weighted by Gasteiger charge is -2.08. The minimum Gasteiger partial charge on any atom is -0.475 e. The monoisotopic (exact) mass is 519 g/mol. The van der Waals surface area contributed by atoms with Gasteiger partial charge in [0.25, 0.3) is 5.91 Å². The van der Waals surface area contributed by atoms with E-state index in [2.05, 4.69) is 43.2 Å². The quantitative estimate of drug-likeness (QED) is 0.309. The minimum absolute atomic E-state index is 0.137. The number of hydrogen-bond acceptors (Lipinski definition) is 5. The van der Waals surface area contributed by atoms with E-state index >= 15 is 0 Å². The number of carbonyl (C=O) groups is 1. The second-order valence-corrected chi connectivity index (χ2v) is 7.60. The van der Waals surface area contributed by atoms with Gasteiger partial charge in [0.15, 0.2) is 11.5 Å². The van der Waals surface area contributed by atoms with E-state index in [-0.39, 0.29) is 12.5 Å². The Balaban J connectivity index is 1.43. The Morgan fingerprint density at radius 3 is 2.69 bits per heavy atom. The van der Waals surface area contributed by atoms with Crippen LogP contribution in [0.5, 0.6) is 5.88 Å². The van der Waals surface area contributed by atoms with Crippen molar-refractivity contribution in [2.45, 2.75) is 0 Å². The molecular formula is C20H15ClIN5O2. The van der Waals surface area contributed by atoms with Crippen LogP contribution in [0.1, 0.15) is 10.4 Å². The smallest absolute Gasteiger partial charge is 0.252 e. The average Bonchev–Trinajstić information content (AvgIpc) is 3.15. The summed E-state index contributed by atoms with van der Waals surface area (Å²) >= 11 is 8.41. The maximum atomic E-state index is 12.2. The molecule has 2 aromatic heterocycles. The zero-order valence-corrected chi connectivity index (χ0v) is 18.0. The molecule has 1 N–H and O–H groups in total. The highest BCUT2D eigenvalue weighted by atomic mass is 127. The Morgan fingerprint density at radius 2 is 1.86 bits per heavy atom. The number of aromatic nitrogens is 4. The number of halogens is 2. The van der Waals surface area contributed by atoms with Crippen molar-refractivity contribution in [3.63, 3.8) is 0 Å². The van der Waals surface area contributed by atoms with Crippen molar-refractivity contribution in [2.24, 2.45) is 0 Å². The first-order valence-electron chi connectivity index (χ1n) is 8.76. The van der Waals surface area contributed by atoms with Crippen LogP contribution < -0.4 is 10.1 Å². The molecule has 0 atom stereocenters. The third-order valence-electron chi connectivity index (χ3n) is 4.11. The van der Waals surface area contributed by atoms with Crippen molar-refractivity contribution < 1.29 is 9.53 Å². The first kappa shape index (κ1) is 19.6. The number of benzene rings is 2. The van der Waals surface area contributed by atoms with Gasteiger partial charge in [0.2, 0.25) is 5.88 Å². The molecule has 0 aliphatic heterocycles. The van der Waals surface area contributed by atoms with Crippen LogP contribution in [0.2, 0.25) is 5.02 Å². The molecule has 0 aliphatic rings. The number of hydrogen-bond donors (Lipinski definition) is 1. The third kappa shape index (κ3) is 4.33. The Morgan fingerprint density at radius 1 is 1.07 bits per heavy atom. The molecule has 9 heteroatoms. The molecule has 0 saturated carbocycles. The largest absolute Gasteiger partial charge is 0.475 e. The standard InChI is InChI=1S/C20H15ClIN5O2/c21-15-7-3-1-5-13(15)19-25-24-17-9-10-18(26-27(17)19)29-12-11-23-20(28)14-6-2-4-8-16(14)22/h1-10H,11-12H2,(H,23,28). The number of fused-ring (bicyclic) bond motifs is 1. The van der Waals surface area contributed by atoms with Gasteiger partial charge in [-0.1, -0.05) is 35.9 Å². The van der Waals surface area contributed by atoms with Crippen molar-refractivity contribution in [3.8, 4) is 17.3 Å². The van der Waals surface area contributed by atoms with Gasteiger partial charge in [-0.15, -0.1) is 15.3 Å². The first-order valence-corrected chi connectivity index (χ1v) is 10.2. The number of carbonyl (C=O) groups excluding carboxylic acids is 1. The zero-order chi connectivity index (χ0) is 20.2. The molecule has 4 aromatic rings.